The van der Waals surface area contributed by atoms with Gasteiger partial charge in [0.2, 0.25) is 6.79 Å². The summed E-state index contributed by atoms with van der Waals surface area (Å²) in [5.41, 5.74) is 1.35. The average molecular weight is 514 g/mol. The van der Waals surface area contributed by atoms with Gasteiger partial charge < -0.3 is 29.7 Å². The Labute approximate surface area is 219 Å². The number of hydrogen-bond acceptors (Lipinski definition) is 8. The van der Waals surface area contributed by atoms with Crippen molar-refractivity contribution in [3.8, 4) is 28.7 Å². The van der Waals surface area contributed by atoms with Crippen LogP contribution in [0.2, 0.25) is 0 Å². The van der Waals surface area contributed by atoms with Gasteiger partial charge in [0, 0.05) is 30.4 Å². The number of anilines is 2. The molecule has 0 fully saturated rings. The maximum absolute atomic E-state index is 13.6. The van der Waals surface area contributed by atoms with Gasteiger partial charge in [0.05, 0.1) is 11.9 Å². The normalized spacial score (nSPS) is 11.9. The van der Waals surface area contributed by atoms with Crippen LogP contribution < -0.4 is 30.4 Å². The van der Waals surface area contributed by atoms with Gasteiger partial charge >= 0.3 is 0 Å². The third-order valence-electron chi connectivity index (χ3n) is 5.75. The zero-order valence-corrected chi connectivity index (χ0v) is 21.0. The van der Waals surface area contributed by atoms with Crippen LogP contribution in [0.1, 0.15) is 10.4 Å². The van der Waals surface area contributed by atoms with Gasteiger partial charge in [-0.3, -0.25) is 9.59 Å². The number of carbonyl (C=O) groups excluding carboxylic acids is 1. The molecule has 4 aromatic rings. The number of hydrogen-bond donors (Lipinski definition) is 2. The van der Waals surface area contributed by atoms with E-state index in [1.807, 2.05) is 37.2 Å². The molecule has 0 bridgehead atoms. The molecule has 0 atom stereocenters. The van der Waals surface area contributed by atoms with E-state index in [4.69, 9.17) is 14.2 Å². The number of aromatic nitrogens is 2. The molecule has 194 valence electrons. The number of benzene rings is 3. The van der Waals surface area contributed by atoms with Crippen molar-refractivity contribution in [2.24, 2.45) is 0 Å². The van der Waals surface area contributed by atoms with Gasteiger partial charge in [-0.15, -0.1) is 0 Å². The first kappa shape index (κ1) is 24.8. The Morgan fingerprint density at radius 2 is 1.84 bits per heavy atom. The Morgan fingerprint density at radius 3 is 2.66 bits per heavy atom. The highest BCUT2D eigenvalue weighted by Crippen LogP contribution is 2.37. The van der Waals surface area contributed by atoms with E-state index in [0.717, 1.165) is 6.54 Å². The Hall–Kier alpha value is -4.83. The van der Waals surface area contributed by atoms with E-state index in [1.54, 1.807) is 54.6 Å². The summed E-state index contributed by atoms with van der Waals surface area (Å²) >= 11 is 0. The topological polar surface area (TPSA) is 107 Å². The van der Waals surface area contributed by atoms with E-state index in [2.05, 4.69) is 15.7 Å². The molecule has 5 rings (SSSR count). The lowest BCUT2D eigenvalue weighted by atomic mass is 10.2. The number of ether oxygens (including phenoxy) is 3. The molecule has 1 aliphatic rings. The first-order chi connectivity index (χ1) is 18.5. The number of fused-ring (bicyclic) bond motifs is 1. The van der Waals surface area contributed by atoms with Crippen molar-refractivity contribution in [2.75, 3.05) is 39.3 Å². The zero-order valence-electron chi connectivity index (χ0n) is 21.0. The Balaban J connectivity index is 1.47. The smallest absolute Gasteiger partial charge is 0.299 e. The Morgan fingerprint density at radius 1 is 1.03 bits per heavy atom. The highest BCUT2D eigenvalue weighted by Gasteiger charge is 2.18. The van der Waals surface area contributed by atoms with E-state index in [0.29, 0.717) is 40.7 Å². The summed E-state index contributed by atoms with van der Waals surface area (Å²) in [4.78, 5) is 28.3. The lowest BCUT2D eigenvalue weighted by Gasteiger charge is -2.15. The fourth-order valence-electron chi connectivity index (χ4n) is 3.83. The third kappa shape index (κ3) is 5.60. The van der Waals surface area contributed by atoms with Crippen LogP contribution in [0.25, 0.3) is 5.69 Å². The van der Waals surface area contributed by atoms with Crippen molar-refractivity contribution in [1.29, 1.82) is 0 Å². The molecule has 3 aromatic carbocycles. The predicted molar refractivity (Wildman–Crippen MR) is 143 cm³/mol. The standard InChI is InChI=1S/C28H27N5O5/c1-32(2)14-13-29-27(34)19-7-6-8-20(15-19)31-26-25(38-22-11-12-23-24(16-22)37-18-36-23)17-30-33(28(26)35)21-9-4-3-5-10-21/h3-12,15-17,31H,13-14,18H2,1-2H3,(H,29,34). The number of nitrogens with one attached hydrogen (secondary N) is 2. The van der Waals surface area contributed by atoms with Crippen LogP contribution in [0.4, 0.5) is 11.4 Å². The summed E-state index contributed by atoms with van der Waals surface area (Å²) < 4.78 is 18.2. The largest absolute Gasteiger partial charge is 0.454 e. The maximum atomic E-state index is 13.6. The molecule has 2 N–H and O–H groups in total. The first-order valence-electron chi connectivity index (χ1n) is 12.0. The number of likely N-dealkylation sites (N-methyl/N-ethyl adjacent to an activating group) is 1. The summed E-state index contributed by atoms with van der Waals surface area (Å²) in [6, 6.07) is 21.2. The molecule has 38 heavy (non-hydrogen) atoms. The minimum atomic E-state index is -0.421. The highest BCUT2D eigenvalue weighted by molar-refractivity contribution is 5.95. The van der Waals surface area contributed by atoms with Crippen LogP contribution in [0, 0.1) is 0 Å². The molecular formula is C28H27N5O5. The van der Waals surface area contributed by atoms with Gasteiger partial charge in [0.25, 0.3) is 11.5 Å². The van der Waals surface area contributed by atoms with Gasteiger partial charge in [-0.05, 0) is 56.6 Å². The van der Waals surface area contributed by atoms with Gasteiger partial charge in [-0.1, -0.05) is 24.3 Å². The molecule has 10 nitrogen and oxygen atoms in total. The van der Waals surface area contributed by atoms with Crippen molar-refractivity contribution in [3.05, 3.63) is 94.9 Å². The van der Waals surface area contributed by atoms with Crippen LogP contribution in [-0.4, -0.2) is 54.6 Å². The van der Waals surface area contributed by atoms with Gasteiger partial charge in [-0.25, -0.2) is 0 Å². The number of nitrogens with zero attached hydrogens (tertiary/aromatic N) is 3. The van der Waals surface area contributed by atoms with E-state index < -0.39 is 5.56 Å². The third-order valence-corrected chi connectivity index (χ3v) is 5.75. The van der Waals surface area contributed by atoms with E-state index >= 15 is 0 Å². The van der Waals surface area contributed by atoms with Crippen molar-refractivity contribution in [3.63, 3.8) is 0 Å². The van der Waals surface area contributed by atoms with Crippen molar-refractivity contribution < 1.29 is 19.0 Å². The molecule has 1 amide bonds. The fraction of sp³-hybridized carbons (Fsp3) is 0.179. The van der Waals surface area contributed by atoms with E-state index in [9.17, 15) is 9.59 Å². The highest BCUT2D eigenvalue weighted by atomic mass is 16.7. The monoisotopic (exact) mass is 513 g/mol. The quantitative estimate of drug-likeness (QED) is 0.348. The molecule has 0 spiro atoms. The molecular weight excluding hydrogens is 486 g/mol. The summed E-state index contributed by atoms with van der Waals surface area (Å²) in [7, 11) is 3.88. The zero-order chi connectivity index (χ0) is 26.5. The molecule has 2 heterocycles. The summed E-state index contributed by atoms with van der Waals surface area (Å²) in [6.07, 6.45) is 1.47. The van der Waals surface area contributed by atoms with Crippen molar-refractivity contribution in [2.45, 2.75) is 0 Å². The molecule has 10 heteroatoms. The van der Waals surface area contributed by atoms with Crippen LogP contribution in [0.15, 0.2) is 83.8 Å². The van der Waals surface area contributed by atoms with E-state index in [-0.39, 0.29) is 24.1 Å². The fourth-order valence-corrected chi connectivity index (χ4v) is 3.83. The first-order valence-corrected chi connectivity index (χ1v) is 12.0. The molecule has 1 aliphatic heterocycles. The molecule has 0 saturated carbocycles. The maximum Gasteiger partial charge on any atom is 0.299 e. The van der Waals surface area contributed by atoms with E-state index in [1.165, 1.54) is 10.9 Å². The van der Waals surface area contributed by atoms with Gasteiger partial charge in [0.15, 0.2) is 22.9 Å². The second-order valence-corrected chi connectivity index (χ2v) is 8.82. The second kappa shape index (κ2) is 11.1. The van der Waals surface area contributed by atoms with Crippen molar-refractivity contribution >= 4 is 17.3 Å². The Kier molecular flexibility index (Phi) is 7.23. The number of para-hydroxylation sites is 1. The average Bonchev–Trinajstić information content (AvgIpc) is 3.39. The lowest BCUT2D eigenvalue weighted by Crippen LogP contribution is -2.31. The summed E-state index contributed by atoms with van der Waals surface area (Å²) in [6.45, 7) is 1.38. The van der Waals surface area contributed by atoms with Crippen LogP contribution in [0.3, 0.4) is 0 Å². The SMILES string of the molecule is CN(C)CCNC(=O)c1cccc(Nc2c(Oc3ccc4c(c3)OCO4)cnn(-c3ccccc3)c2=O)c1. The lowest BCUT2D eigenvalue weighted by molar-refractivity contribution is 0.0951. The minimum Gasteiger partial charge on any atom is -0.454 e. The van der Waals surface area contributed by atoms with Crippen LogP contribution in [0.5, 0.6) is 23.0 Å². The number of carbonyl (C=O) groups is 1. The molecule has 1 aromatic heterocycles. The number of amides is 1. The molecule has 0 saturated heterocycles. The summed E-state index contributed by atoms with van der Waals surface area (Å²) in [5.74, 6) is 1.63. The molecule has 0 aliphatic carbocycles. The second-order valence-electron chi connectivity index (χ2n) is 8.82. The molecule has 0 radical (unpaired) electrons. The Bertz CT molecular complexity index is 1500. The van der Waals surface area contributed by atoms with Crippen LogP contribution >= 0.6 is 0 Å². The predicted octanol–water partition coefficient (Wildman–Crippen LogP) is 3.79. The summed E-state index contributed by atoms with van der Waals surface area (Å²) in [5, 5.41) is 10.4. The van der Waals surface area contributed by atoms with Gasteiger partial charge in [0.1, 0.15) is 5.75 Å². The molecule has 0 unspecified atom stereocenters. The number of rotatable bonds is 9. The van der Waals surface area contributed by atoms with Crippen molar-refractivity contribution in [1.82, 2.24) is 20.0 Å². The van der Waals surface area contributed by atoms with Crippen LogP contribution in [-0.2, 0) is 0 Å². The van der Waals surface area contributed by atoms with Gasteiger partial charge in [-0.2, -0.15) is 9.78 Å². The minimum absolute atomic E-state index is 0.138.